The zero-order valence-corrected chi connectivity index (χ0v) is 13.4. The molecule has 0 aliphatic carbocycles. The van der Waals surface area contributed by atoms with Gasteiger partial charge in [0.15, 0.2) is 0 Å². The number of carbonyl (C=O) groups excluding carboxylic acids is 1. The molecule has 2 aromatic rings. The normalized spacial score (nSPS) is 14.3. The number of rotatable bonds is 5. The molecule has 1 aromatic carbocycles. The summed E-state index contributed by atoms with van der Waals surface area (Å²) in [6, 6.07) is 10.3. The van der Waals surface area contributed by atoms with Crippen molar-refractivity contribution in [1.29, 1.82) is 0 Å². The lowest BCUT2D eigenvalue weighted by atomic mass is 10.1. The van der Waals surface area contributed by atoms with Crippen LogP contribution in [0.25, 0.3) is 11.3 Å². The van der Waals surface area contributed by atoms with E-state index in [4.69, 9.17) is 0 Å². The lowest BCUT2D eigenvalue weighted by Gasteiger charge is -2.20. The number of pyridine rings is 1. The van der Waals surface area contributed by atoms with Gasteiger partial charge in [-0.15, -0.1) is 11.8 Å². The molecule has 0 saturated carbocycles. The van der Waals surface area contributed by atoms with Crippen LogP contribution in [0.15, 0.2) is 54.2 Å². The highest BCUT2D eigenvalue weighted by molar-refractivity contribution is 8.02. The Bertz CT molecular complexity index is 698. The Balaban J connectivity index is 1.55. The molecule has 118 valence electrons. The van der Waals surface area contributed by atoms with Gasteiger partial charge in [-0.05, 0) is 54.1 Å². The Morgan fingerprint density at radius 3 is 2.70 bits per heavy atom. The van der Waals surface area contributed by atoms with Crippen LogP contribution in [0, 0.1) is 5.82 Å². The molecular formula is C18H17FN2OS. The van der Waals surface area contributed by atoms with E-state index in [2.05, 4.69) is 4.98 Å². The van der Waals surface area contributed by atoms with Crippen LogP contribution in [0.1, 0.15) is 12.0 Å². The second-order valence-electron chi connectivity index (χ2n) is 5.35. The van der Waals surface area contributed by atoms with E-state index in [1.807, 2.05) is 29.9 Å². The largest absolute Gasteiger partial charge is 0.318 e. The first-order chi connectivity index (χ1) is 11.2. The smallest absolute Gasteiger partial charge is 0.236 e. The summed E-state index contributed by atoms with van der Waals surface area (Å²) in [5, 5.41) is 1.96. The lowest BCUT2D eigenvalue weighted by molar-refractivity contribution is -0.126. The third-order valence-corrected chi connectivity index (χ3v) is 4.42. The molecule has 23 heavy (non-hydrogen) atoms. The van der Waals surface area contributed by atoms with E-state index in [1.54, 1.807) is 17.0 Å². The molecule has 0 radical (unpaired) electrons. The molecule has 1 aliphatic rings. The van der Waals surface area contributed by atoms with Gasteiger partial charge in [-0.2, -0.15) is 0 Å². The van der Waals surface area contributed by atoms with E-state index >= 15 is 0 Å². The first kappa shape index (κ1) is 15.7. The standard InChI is InChI=1S/C18H17FN2OS/c19-16-6-4-15(5-7-16)17-8-3-14(12-20-17)2-1-9-21-10-11-23-13-18(21)22/h3-8,10-12H,1-2,9,13H2. The zero-order valence-electron chi connectivity index (χ0n) is 12.6. The lowest BCUT2D eigenvalue weighted by Crippen LogP contribution is -2.30. The van der Waals surface area contributed by atoms with Gasteiger partial charge < -0.3 is 4.90 Å². The monoisotopic (exact) mass is 328 g/mol. The summed E-state index contributed by atoms with van der Waals surface area (Å²) in [5.41, 5.74) is 2.87. The van der Waals surface area contributed by atoms with Crippen molar-refractivity contribution in [1.82, 2.24) is 9.88 Å². The topological polar surface area (TPSA) is 33.2 Å². The molecule has 0 fully saturated rings. The van der Waals surface area contributed by atoms with Crippen LogP contribution in [0.2, 0.25) is 0 Å². The molecule has 0 spiro atoms. The van der Waals surface area contributed by atoms with Gasteiger partial charge in [0, 0.05) is 24.5 Å². The molecule has 2 heterocycles. The number of amides is 1. The van der Waals surface area contributed by atoms with Gasteiger partial charge in [-0.1, -0.05) is 6.07 Å². The second kappa shape index (κ2) is 7.42. The van der Waals surface area contributed by atoms with Crippen molar-refractivity contribution in [3.8, 4) is 11.3 Å². The van der Waals surface area contributed by atoms with Crippen molar-refractivity contribution < 1.29 is 9.18 Å². The number of nitrogens with zero attached hydrogens (tertiary/aromatic N) is 2. The quantitative estimate of drug-likeness (QED) is 0.835. The van der Waals surface area contributed by atoms with E-state index in [-0.39, 0.29) is 11.7 Å². The summed E-state index contributed by atoms with van der Waals surface area (Å²) in [4.78, 5) is 17.9. The van der Waals surface area contributed by atoms with Crippen molar-refractivity contribution in [3.05, 3.63) is 65.6 Å². The molecule has 0 unspecified atom stereocenters. The predicted octanol–water partition coefficient (Wildman–Crippen LogP) is 3.87. The number of hydrogen-bond donors (Lipinski definition) is 0. The highest BCUT2D eigenvalue weighted by Crippen LogP contribution is 2.18. The maximum absolute atomic E-state index is 12.9. The van der Waals surface area contributed by atoms with Gasteiger partial charge in [0.2, 0.25) is 5.91 Å². The maximum atomic E-state index is 12.9. The van der Waals surface area contributed by atoms with Gasteiger partial charge in [-0.25, -0.2) is 4.39 Å². The minimum Gasteiger partial charge on any atom is -0.318 e. The minimum atomic E-state index is -0.245. The number of halogens is 1. The summed E-state index contributed by atoms with van der Waals surface area (Å²) in [6.45, 7) is 0.732. The molecule has 0 saturated heterocycles. The van der Waals surface area contributed by atoms with Gasteiger partial charge >= 0.3 is 0 Å². The van der Waals surface area contributed by atoms with Crippen LogP contribution in [-0.4, -0.2) is 28.1 Å². The number of benzene rings is 1. The average molecular weight is 328 g/mol. The number of carbonyl (C=O) groups is 1. The van der Waals surface area contributed by atoms with Gasteiger partial charge in [0.25, 0.3) is 0 Å². The maximum Gasteiger partial charge on any atom is 0.236 e. The summed E-state index contributed by atoms with van der Waals surface area (Å²) in [6.07, 6.45) is 5.48. The molecule has 3 rings (SSSR count). The van der Waals surface area contributed by atoms with Crippen LogP contribution >= 0.6 is 11.8 Å². The van der Waals surface area contributed by atoms with E-state index < -0.39 is 0 Å². The number of thioether (sulfide) groups is 1. The Morgan fingerprint density at radius 2 is 2.00 bits per heavy atom. The van der Waals surface area contributed by atoms with Crippen molar-refractivity contribution in [2.45, 2.75) is 12.8 Å². The van der Waals surface area contributed by atoms with Crippen molar-refractivity contribution >= 4 is 17.7 Å². The van der Waals surface area contributed by atoms with Crippen LogP contribution in [0.4, 0.5) is 4.39 Å². The average Bonchev–Trinajstić information content (AvgIpc) is 2.58. The third-order valence-electron chi connectivity index (χ3n) is 3.69. The van der Waals surface area contributed by atoms with Crippen LogP contribution in [-0.2, 0) is 11.2 Å². The summed E-state index contributed by atoms with van der Waals surface area (Å²) in [5.74, 6) is 0.456. The predicted molar refractivity (Wildman–Crippen MR) is 91.3 cm³/mol. The molecule has 5 heteroatoms. The number of aromatic nitrogens is 1. The minimum absolute atomic E-state index is 0.169. The van der Waals surface area contributed by atoms with Crippen LogP contribution in [0.5, 0.6) is 0 Å². The first-order valence-corrected chi connectivity index (χ1v) is 8.56. The van der Waals surface area contributed by atoms with E-state index in [1.165, 1.54) is 23.9 Å². The Morgan fingerprint density at radius 1 is 1.17 bits per heavy atom. The third kappa shape index (κ3) is 4.20. The fraction of sp³-hybridized carbons (Fsp3) is 0.222. The molecular weight excluding hydrogens is 311 g/mol. The summed E-state index contributed by atoms with van der Waals surface area (Å²) < 4.78 is 12.9. The van der Waals surface area contributed by atoms with E-state index in [9.17, 15) is 9.18 Å². The zero-order chi connectivity index (χ0) is 16.1. The molecule has 1 amide bonds. The fourth-order valence-corrected chi connectivity index (χ4v) is 3.06. The highest BCUT2D eigenvalue weighted by Gasteiger charge is 2.13. The Hall–Kier alpha value is -2.14. The van der Waals surface area contributed by atoms with Gasteiger partial charge in [0.05, 0.1) is 11.4 Å². The molecule has 3 nitrogen and oxygen atoms in total. The van der Waals surface area contributed by atoms with Crippen LogP contribution < -0.4 is 0 Å². The first-order valence-electron chi connectivity index (χ1n) is 7.51. The second-order valence-corrected chi connectivity index (χ2v) is 6.24. The Labute approximate surface area is 139 Å². The van der Waals surface area contributed by atoms with Gasteiger partial charge in [-0.3, -0.25) is 9.78 Å². The van der Waals surface area contributed by atoms with Gasteiger partial charge in [0.1, 0.15) is 5.82 Å². The molecule has 0 atom stereocenters. The van der Waals surface area contributed by atoms with Crippen LogP contribution in [0.3, 0.4) is 0 Å². The molecule has 1 aliphatic heterocycles. The van der Waals surface area contributed by atoms with Crippen molar-refractivity contribution in [2.75, 3.05) is 12.3 Å². The molecule has 0 bridgehead atoms. The molecule has 1 aromatic heterocycles. The summed E-state index contributed by atoms with van der Waals surface area (Å²) in [7, 11) is 0. The SMILES string of the molecule is O=C1CSC=CN1CCCc1ccc(-c2ccc(F)cc2)nc1. The number of hydrogen-bond acceptors (Lipinski definition) is 3. The van der Waals surface area contributed by atoms with Crippen molar-refractivity contribution in [2.24, 2.45) is 0 Å². The summed E-state index contributed by atoms with van der Waals surface area (Å²) >= 11 is 1.53. The fourth-order valence-electron chi connectivity index (χ4n) is 2.42. The highest BCUT2D eigenvalue weighted by atomic mass is 32.2. The van der Waals surface area contributed by atoms with Crippen molar-refractivity contribution in [3.63, 3.8) is 0 Å². The molecule has 0 N–H and O–H groups in total. The Kier molecular flexibility index (Phi) is 5.08. The van der Waals surface area contributed by atoms with E-state index in [0.717, 1.165) is 36.2 Å². The van der Waals surface area contributed by atoms with E-state index in [0.29, 0.717) is 5.75 Å². The number of aryl methyl sites for hydroxylation is 1.